The fraction of sp³-hybridized carbons (Fsp3) is 0.714. The maximum absolute atomic E-state index is 5.38. The largest absolute Gasteiger partial charge is 0.497 e. The van der Waals surface area contributed by atoms with Crippen LogP contribution in [-0.4, -0.2) is 7.11 Å². The Bertz CT molecular complexity index is 471. The molecule has 0 aliphatic heterocycles. The van der Waals surface area contributed by atoms with Gasteiger partial charge in [-0.15, -0.1) is 0 Å². The number of fused-ring (bicyclic) bond motifs is 1. The first-order valence-electron chi connectivity index (χ1n) is 9.46. The summed E-state index contributed by atoms with van der Waals surface area (Å²) in [7, 11) is 1.77. The second kappa shape index (κ2) is 7.53. The van der Waals surface area contributed by atoms with Gasteiger partial charge in [0.15, 0.2) is 0 Å². The van der Waals surface area contributed by atoms with E-state index in [0.717, 1.165) is 23.5 Å². The molecule has 2 aliphatic carbocycles. The molecule has 1 atom stereocenters. The Labute approximate surface area is 136 Å². The van der Waals surface area contributed by atoms with Gasteiger partial charge in [-0.05, 0) is 66.7 Å². The molecule has 1 heteroatoms. The Hall–Kier alpha value is -0.980. The Morgan fingerprint density at radius 2 is 1.73 bits per heavy atom. The number of hydrogen-bond donors (Lipinski definition) is 0. The van der Waals surface area contributed by atoms with Gasteiger partial charge in [-0.25, -0.2) is 0 Å². The van der Waals surface area contributed by atoms with Gasteiger partial charge in [0.1, 0.15) is 5.75 Å². The molecule has 122 valence electrons. The second-order valence-corrected chi connectivity index (χ2v) is 7.58. The van der Waals surface area contributed by atoms with Crippen molar-refractivity contribution in [3.63, 3.8) is 0 Å². The molecule has 2 aliphatic rings. The van der Waals surface area contributed by atoms with Crippen molar-refractivity contribution >= 4 is 0 Å². The van der Waals surface area contributed by atoms with Crippen molar-refractivity contribution in [1.29, 1.82) is 0 Å². The van der Waals surface area contributed by atoms with Crippen LogP contribution in [0.1, 0.15) is 69.4 Å². The van der Waals surface area contributed by atoms with E-state index in [0.29, 0.717) is 0 Å². The van der Waals surface area contributed by atoms with Gasteiger partial charge in [-0.1, -0.05) is 51.5 Å². The maximum atomic E-state index is 5.38. The van der Waals surface area contributed by atoms with E-state index in [1.54, 1.807) is 18.2 Å². The van der Waals surface area contributed by atoms with Crippen molar-refractivity contribution in [2.45, 2.75) is 71.1 Å². The summed E-state index contributed by atoms with van der Waals surface area (Å²) in [6, 6.07) is 6.70. The van der Waals surface area contributed by atoms with Crippen molar-refractivity contribution in [2.75, 3.05) is 7.11 Å². The van der Waals surface area contributed by atoms with Gasteiger partial charge >= 0.3 is 0 Å². The van der Waals surface area contributed by atoms with E-state index >= 15 is 0 Å². The molecule has 1 nitrogen and oxygen atoms in total. The second-order valence-electron chi connectivity index (χ2n) is 7.58. The monoisotopic (exact) mass is 300 g/mol. The minimum absolute atomic E-state index is 0.902. The minimum Gasteiger partial charge on any atom is -0.497 e. The van der Waals surface area contributed by atoms with Crippen LogP contribution >= 0.6 is 0 Å². The number of rotatable bonds is 6. The summed E-state index contributed by atoms with van der Waals surface area (Å²) in [5, 5.41) is 0. The highest BCUT2D eigenvalue weighted by Gasteiger charge is 2.31. The molecule has 0 bridgehead atoms. The predicted molar refractivity (Wildman–Crippen MR) is 93.5 cm³/mol. The third-order valence-corrected chi connectivity index (χ3v) is 6.15. The van der Waals surface area contributed by atoms with Crippen molar-refractivity contribution in [1.82, 2.24) is 0 Å². The van der Waals surface area contributed by atoms with Crippen LogP contribution in [0.5, 0.6) is 5.75 Å². The quantitative estimate of drug-likeness (QED) is 0.604. The molecule has 3 rings (SSSR count). The summed E-state index contributed by atoms with van der Waals surface area (Å²) < 4.78 is 5.38. The molecule has 1 unspecified atom stereocenters. The van der Waals surface area contributed by atoms with Crippen LogP contribution < -0.4 is 4.74 Å². The van der Waals surface area contributed by atoms with E-state index in [1.165, 1.54) is 64.2 Å². The third-order valence-electron chi connectivity index (χ3n) is 6.15. The molecule has 1 aromatic rings. The summed E-state index contributed by atoms with van der Waals surface area (Å²) in [5.74, 6) is 3.94. The summed E-state index contributed by atoms with van der Waals surface area (Å²) in [5.41, 5.74) is 3.13. The average molecular weight is 300 g/mol. The predicted octanol–water partition coefficient (Wildman–Crippen LogP) is 5.80. The lowest BCUT2D eigenvalue weighted by atomic mass is 9.73. The van der Waals surface area contributed by atoms with Gasteiger partial charge in [-0.2, -0.15) is 0 Å². The molecule has 22 heavy (non-hydrogen) atoms. The van der Waals surface area contributed by atoms with Crippen LogP contribution in [0.15, 0.2) is 18.2 Å². The Balaban J connectivity index is 1.49. The Morgan fingerprint density at radius 1 is 0.955 bits per heavy atom. The summed E-state index contributed by atoms with van der Waals surface area (Å²) in [6.07, 6.45) is 14.3. The molecule has 0 radical (unpaired) electrons. The summed E-state index contributed by atoms with van der Waals surface area (Å²) in [4.78, 5) is 0. The third kappa shape index (κ3) is 3.67. The minimum atomic E-state index is 0.902. The van der Waals surface area contributed by atoms with Gasteiger partial charge in [0, 0.05) is 0 Å². The van der Waals surface area contributed by atoms with Crippen LogP contribution in [0.2, 0.25) is 0 Å². The molecule has 1 fully saturated rings. The van der Waals surface area contributed by atoms with E-state index < -0.39 is 0 Å². The van der Waals surface area contributed by atoms with Crippen molar-refractivity contribution in [2.24, 2.45) is 17.8 Å². The number of methoxy groups -OCH3 is 1. The first-order valence-corrected chi connectivity index (χ1v) is 9.46. The highest BCUT2D eigenvalue weighted by atomic mass is 16.5. The fourth-order valence-electron chi connectivity index (χ4n) is 4.72. The highest BCUT2D eigenvalue weighted by molar-refractivity contribution is 5.39. The SMILES string of the molecule is CCCCC[C@H]1CC[C@H](C2Cc3ccc(OC)cc3C2)CC1. The molecule has 0 heterocycles. The molecular weight excluding hydrogens is 268 g/mol. The lowest BCUT2D eigenvalue weighted by Crippen LogP contribution is -2.22. The highest BCUT2D eigenvalue weighted by Crippen LogP contribution is 2.41. The molecule has 1 aromatic carbocycles. The van der Waals surface area contributed by atoms with Crippen molar-refractivity contribution in [3.05, 3.63) is 29.3 Å². The molecule has 0 N–H and O–H groups in total. The van der Waals surface area contributed by atoms with E-state index in [9.17, 15) is 0 Å². The van der Waals surface area contributed by atoms with E-state index in [1.807, 2.05) is 0 Å². The van der Waals surface area contributed by atoms with Gasteiger partial charge < -0.3 is 4.74 Å². The lowest BCUT2D eigenvalue weighted by molar-refractivity contribution is 0.200. The molecule has 1 saturated carbocycles. The molecule has 0 saturated heterocycles. The fourth-order valence-corrected chi connectivity index (χ4v) is 4.72. The first-order chi connectivity index (χ1) is 10.8. The lowest BCUT2D eigenvalue weighted by Gasteiger charge is -2.32. The maximum Gasteiger partial charge on any atom is 0.119 e. The van der Waals surface area contributed by atoms with Crippen molar-refractivity contribution < 1.29 is 4.74 Å². The van der Waals surface area contributed by atoms with Crippen LogP contribution in [0.4, 0.5) is 0 Å². The molecular formula is C21H32O. The smallest absolute Gasteiger partial charge is 0.119 e. The van der Waals surface area contributed by atoms with Crippen LogP contribution in [0, 0.1) is 17.8 Å². The number of unbranched alkanes of at least 4 members (excludes halogenated alkanes) is 2. The molecule has 0 amide bonds. The van der Waals surface area contributed by atoms with Gasteiger partial charge in [0.25, 0.3) is 0 Å². The van der Waals surface area contributed by atoms with Crippen molar-refractivity contribution in [3.8, 4) is 5.75 Å². The van der Waals surface area contributed by atoms with Gasteiger partial charge in [0.05, 0.1) is 7.11 Å². The standard InChI is InChI=1S/C21H32O/c1-3-4-5-6-16-7-9-17(10-8-16)19-13-18-11-12-21(22-2)15-20(18)14-19/h11-12,15-17,19H,3-10,13-14H2,1-2H3/t16-,17-,19?. The first kappa shape index (κ1) is 15.9. The van der Waals surface area contributed by atoms with E-state index in [-0.39, 0.29) is 0 Å². The zero-order valence-corrected chi connectivity index (χ0v) is 14.4. The summed E-state index contributed by atoms with van der Waals surface area (Å²) in [6.45, 7) is 2.31. The van der Waals surface area contributed by atoms with Crippen LogP contribution in [0.3, 0.4) is 0 Å². The van der Waals surface area contributed by atoms with E-state index in [2.05, 4.69) is 25.1 Å². The van der Waals surface area contributed by atoms with Gasteiger partial charge in [-0.3, -0.25) is 0 Å². The summed E-state index contributed by atoms with van der Waals surface area (Å²) >= 11 is 0. The van der Waals surface area contributed by atoms with E-state index in [4.69, 9.17) is 4.74 Å². The van der Waals surface area contributed by atoms with Gasteiger partial charge in [0.2, 0.25) is 0 Å². The average Bonchev–Trinajstić information content (AvgIpc) is 2.98. The van der Waals surface area contributed by atoms with Crippen LogP contribution in [-0.2, 0) is 12.8 Å². The Morgan fingerprint density at radius 3 is 2.45 bits per heavy atom. The zero-order valence-electron chi connectivity index (χ0n) is 14.4. The number of ether oxygens (including phenoxy) is 1. The molecule has 0 aromatic heterocycles. The normalized spacial score (nSPS) is 27.6. The molecule has 0 spiro atoms. The Kier molecular flexibility index (Phi) is 5.44. The topological polar surface area (TPSA) is 9.23 Å². The zero-order chi connectivity index (χ0) is 15.4. The number of benzene rings is 1. The number of hydrogen-bond acceptors (Lipinski definition) is 1. The van der Waals surface area contributed by atoms with Crippen LogP contribution in [0.25, 0.3) is 0 Å².